The largest absolute Gasteiger partial charge is 0.492 e. The van der Waals surface area contributed by atoms with Crippen molar-refractivity contribution in [2.45, 2.75) is 13.0 Å². The predicted molar refractivity (Wildman–Crippen MR) is 124 cm³/mol. The highest BCUT2D eigenvalue weighted by atomic mass is 79.9. The van der Waals surface area contributed by atoms with Crippen LogP contribution in [0.1, 0.15) is 11.1 Å². The minimum absolute atomic E-state index is 0.684. The number of hydrogen-bond donors (Lipinski definition) is 0. The van der Waals surface area contributed by atoms with Crippen molar-refractivity contribution in [2.24, 2.45) is 0 Å². The van der Waals surface area contributed by atoms with E-state index < -0.39 is 0 Å². The lowest BCUT2D eigenvalue weighted by molar-refractivity contribution is 0.250. The van der Waals surface area contributed by atoms with Gasteiger partial charge in [-0.15, -0.1) is 0 Å². The fourth-order valence-electron chi connectivity index (χ4n) is 3.71. The summed E-state index contributed by atoms with van der Waals surface area (Å²) in [6.45, 7) is 6.11. The number of para-hydroxylation sites is 2. The number of piperazine rings is 1. The summed E-state index contributed by atoms with van der Waals surface area (Å²) in [4.78, 5) is 5.02. The van der Waals surface area contributed by atoms with Gasteiger partial charge in [0.15, 0.2) is 0 Å². The molecule has 0 aromatic heterocycles. The summed E-state index contributed by atoms with van der Waals surface area (Å²) >= 11 is 3.52. The van der Waals surface area contributed by atoms with Gasteiger partial charge in [0.2, 0.25) is 0 Å². The molecule has 1 aliphatic rings. The van der Waals surface area contributed by atoms with Gasteiger partial charge in [-0.2, -0.15) is 0 Å². The Kier molecular flexibility index (Phi) is 6.86. The van der Waals surface area contributed by atoms with Gasteiger partial charge in [0, 0.05) is 44.8 Å². The molecule has 1 heterocycles. The minimum atomic E-state index is 0.684. The zero-order valence-corrected chi connectivity index (χ0v) is 18.2. The Labute approximate surface area is 182 Å². The van der Waals surface area contributed by atoms with Gasteiger partial charge in [-0.3, -0.25) is 4.90 Å². The van der Waals surface area contributed by atoms with Gasteiger partial charge in [-0.05, 0) is 51.3 Å². The van der Waals surface area contributed by atoms with Crippen molar-refractivity contribution in [3.8, 4) is 5.75 Å². The van der Waals surface area contributed by atoms with Gasteiger partial charge < -0.3 is 9.64 Å². The Hall–Kier alpha value is -2.30. The van der Waals surface area contributed by atoms with Gasteiger partial charge in [0.05, 0.1) is 11.1 Å². The van der Waals surface area contributed by atoms with Crippen LogP contribution < -0.4 is 9.64 Å². The van der Waals surface area contributed by atoms with Crippen molar-refractivity contribution in [1.29, 1.82) is 0 Å². The molecule has 3 aromatic rings. The molecule has 3 nitrogen and oxygen atoms in total. The van der Waals surface area contributed by atoms with Gasteiger partial charge in [0.1, 0.15) is 5.75 Å². The Morgan fingerprint density at radius 1 is 0.724 bits per heavy atom. The van der Waals surface area contributed by atoms with Crippen molar-refractivity contribution < 1.29 is 4.74 Å². The molecule has 3 aromatic carbocycles. The van der Waals surface area contributed by atoms with E-state index in [0.29, 0.717) is 6.61 Å². The van der Waals surface area contributed by atoms with E-state index >= 15 is 0 Å². The number of halogens is 1. The normalized spacial score (nSPS) is 14.7. The maximum absolute atomic E-state index is 5.88. The SMILES string of the molecule is Brc1ccccc1OCCc1ccc(CN2CCN(c3ccccc3)CC2)cc1. The molecule has 1 saturated heterocycles. The number of nitrogens with zero attached hydrogens (tertiary/aromatic N) is 2. The summed E-state index contributed by atoms with van der Waals surface area (Å²) in [6.07, 6.45) is 0.914. The maximum Gasteiger partial charge on any atom is 0.133 e. The molecule has 0 amide bonds. The number of rotatable bonds is 7. The Balaban J connectivity index is 1.22. The molecule has 150 valence electrons. The van der Waals surface area contributed by atoms with Crippen LogP contribution in [0.2, 0.25) is 0 Å². The zero-order chi connectivity index (χ0) is 19.9. The monoisotopic (exact) mass is 450 g/mol. The van der Waals surface area contributed by atoms with Crippen molar-refractivity contribution in [1.82, 2.24) is 4.90 Å². The van der Waals surface area contributed by atoms with Crippen molar-refractivity contribution in [2.75, 3.05) is 37.7 Å². The third-order valence-electron chi connectivity index (χ3n) is 5.41. The maximum atomic E-state index is 5.88. The van der Waals surface area contributed by atoms with E-state index in [1.165, 1.54) is 16.8 Å². The molecule has 0 saturated carbocycles. The quantitative estimate of drug-likeness (QED) is 0.479. The molecular weight excluding hydrogens is 424 g/mol. The van der Waals surface area contributed by atoms with Gasteiger partial charge in [-0.1, -0.05) is 54.6 Å². The smallest absolute Gasteiger partial charge is 0.133 e. The number of anilines is 1. The van der Waals surface area contributed by atoms with Crippen molar-refractivity contribution >= 4 is 21.6 Å². The molecule has 0 spiro atoms. The molecular formula is C25H27BrN2O. The van der Waals surface area contributed by atoms with E-state index in [1.54, 1.807) is 0 Å². The van der Waals surface area contributed by atoms with E-state index in [9.17, 15) is 0 Å². The predicted octanol–water partition coefficient (Wildman–Crippen LogP) is 5.39. The summed E-state index contributed by atoms with van der Waals surface area (Å²) < 4.78 is 6.88. The number of benzene rings is 3. The molecule has 0 bridgehead atoms. The lowest BCUT2D eigenvalue weighted by Crippen LogP contribution is -2.45. The van der Waals surface area contributed by atoms with Crippen LogP contribution >= 0.6 is 15.9 Å². The lowest BCUT2D eigenvalue weighted by atomic mass is 10.1. The van der Waals surface area contributed by atoms with E-state index in [1.807, 2.05) is 24.3 Å². The first-order valence-corrected chi connectivity index (χ1v) is 11.0. The molecule has 1 aliphatic heterocycles. The number of ether oxygens (including phenoxy) is 1. The molecule has 0 aliphatic carbocycles. The van der Waals surface area contributed by atoms with Gasteiger partial charge >= 0.3 is 0 Å². The van der Waals surface area contributed by atoms with Crippen molar-refractivity contribution in [3.05, 3.63) is 94.5 Å². The van der Waals surface area contributed by atoms with Crippen LogP contribution in [0.3, 0.4) is 0 Å². The Morgan fingerprint density at radius 2 is 1.38 bits per heavy atom. The Morgan fingerprint density at radius 3 is 2.10 bits per heavy atom. The summed E-state index contributed by atoms with van der Waals surface area (Å²) in [5, 5.41) is 0. The first-order chi connectivity index (χ1) is 14.3. The van der Waals surface area contributed by atoms with E-state index in [4.69, 9.17) is 4.74 Å². The third kappa shape index (κ3) is 5.62. The molecule has 0 unspecified atom stereocenters. The third-order valence-corrected chi connectivity index (χ3v) is 6.06. The second-order valence-corrected chi connectivity index (χ2v) is 8.30. The molecule has 0 N–H and O–H groups in total. The van der Waals surface area contributed by atoms with Crippen LogP contribution in [0, 0.1) is 0 Å². The second-order valence-electron chi connectivity index (χ2n) is 7.44. The van der Waals surface area contributed by atoms with Crippen LogP contribution in [0.25, 0.3) is 0 Å². The first kappa shape index (κ1) is 20.0. The van der Waals surface area contributed by atoms with Gasteiger partial charge in [0.25, 0.3) is 0 Å². The van der Waals surface area contributed by atoms with E-state index in [0.717, 1.165) is 49.4 Å². The molecule has 4 rings (SSSR count). The average Bonchev–Trinajstić information content (AvgIpc) is 2.77. The Bertz CT molecular complexity index is 890. The van der Waals surface area contributed by atoms with Crippen molar-refractivity contribution in [3.63, 3.8) is 0 Å². The lowest BCUT2D eigenvalue weighted by Gasteiger charge is -2.36. The topological polar surface area (TPSA) is 15.7 Å². The molecule has 4 heteroatoms. The summed E-state index contributed by atoms with van der Waals surface area (Å²) in [7, 11) is 0. The minimum Gasteiger partial charge on any atom is -0.492 e. The zero-order valence-electron chi connectivity index (χ0n) is 16.6. The highest BCUT2D eigenvalue weighted by Gasteiger charge is 2.17. The number of hydrogen-bond acceptors (Lipinski definition) is 3. The molecule has 0 radical (unpaired) electrons. The summed E-state index contributed by atoms with van der Waals surface area (Å²) in [6, 6.07) is 27.7. The van der Waals surface area contributed by atoms with Crippen LogP contribution in [0.5, 0.6) is 5.75 Å². The first-order valence-electron chi connectivity index (χ1n) is 10.3. The van der Waals surface area contributed by atoms with Crippen LogP contribution in [-0.2, 0) is 13.0 Å². The standard InChI is InChI=1S/C25H27BrN2O/c26-24-8-4-5-9-25(24)29-19-14-21-10-12-22(13-11-21)20-27-15-17-28(18-16-27)23-6-2-1-3-7-23/h1-13H,14-20H2. The van der Waals surface area contributed by atoms with E-state index in [-0.39, 0.29) is 0 Å². The van der Waals surface area contributed by atoms with Gasteiger partial charge in [-0.25, -0.2) is 0 Å². The molecule has 29 heavy (non-hydrogen) atoms. The van der Waals surface area contributed by atoms with Crippen LogP contribution in [0.4, 0.5) is 5.69 Å². The summed E-state index contributed by atoms with van der Waals surface area (Å²) in [5.74, 6) is 0.902. The average molecular weight is 451 g/mol. The highest BCUT2D eigenvalue weighted by molar-refractivity contribution is 9.10. The molecule has 1 fully saturated rings. The second kappa shape index (κ2) is 9.95. The van der Waals surface area contributed by atoms with Crippen LogP contribution in [-0.4, -0.2) is 37.7 Å². The fourth-order valence-corrected chi connectivity index (χ4v) is 4.11. The van der Waals surface area contributed by atoms with Crippen LogP contribution in [0.15, 0.2) is 83.3 Å². The van der Waals surface area contributed by atoms with E-state index in [2.05, 4.69) is 80.3 Å². The fraction of sp³-hybridized carbons (Fsp3) is 0.280. The summed E-state index contributed by atoms with van der Waals surface area (Å²) in [5.41, 5.74) is 4.03. The highest BCUT2D eigenvalue weighted by Crippen LogP contribution is 2.24. The molecule has 0 atom stereocenters.